The molecule has 0 fully saturated rings. The monoisotopic (exact) mass is 372 g/mol. The Morgan fingerprint density at radius 1 is 1.20 bits per heavy atom. The van der Waals surface area contributed by atoms with Crippen molar-refractivity contribution < 1.29 is 0 Å². The number of nitrogens with one attached hydrogen (secondary N) is 1. The topological polar surface area (TPSA) is 15.3 Å². The van der Waals surface area contributed by atoms with Crippen LogP contribution in [0, 0.1) is 0 Å². The van der Waals surface area contributed by atoms with Gasteiger partial charge in [0.15, 0.2) is 0 Å². The van der Waals surface area contributed by atoms with Crippen LogP contribution in [-0.2, 0) is 13.1 Å². The fourth-order valence-corrected chi connectivity index (χ4v) is 3.23. The first-order chi connectivity index (χ1) is 9.63. The number of rotatable bonds is 7. The predicted octanol–water partition coefficient (Wildman–Crippen LogP) is 4.39. The van der Waals surface area contributed by atoms with Gasteiger partial charge in [-0.15, -0.1) is 11.3 Å². The first-order valence-electron chi connectivity index (χ1n) is 6.51. The molecular formula is C15H18BrClN2S. The lowest BCUT2D eigenvalue weighted by Crippen LogP contribution is -2.28. The van der Waals surface area contributed by atoms with Crippen LogP contribution in [0.3, 0.4) is 0 Å². The van der Waals surface area contributed by atoms with Crippen molar-refractivity contribution in [1.82, 2.24) is 10.2 Å². The minimum absolute atomic E-state index is 0.856. The molecule has 0 spiro atoms. The van der Waals surface area contributed by atoms with Crippen molar-refractivity contribution in [2.45, 2.75) is 13.1 Å². The number of nitrogens with zero attached hydrogens (tertiary/aromatic N) is 1. The molecule has 0 aliphatic carbocycles. The highest BCUT2D eigenvalue weighted by Crippen LogP contribution is 2.20. The molecule has 1 N–H and O–H groups in total. The lowest BCUT2D eigenvalue weighted by atomic mass is 10.2. The minimum atomic E-state index is 0.856. The molecule has 0 radical (unpaired) electrons. The number of likely N-dealkylation sites (N-methyl/N-ethyl adjacent to an activating group) is 1. The summed E-state index contributed by atoms with van der Waals surface area (Å²) in [7, 11) is 2.14. The van der Waals surface area contributed by atoms with Gasteiger partial charge in [0, 0.05) is 35.5 Å². The van der Waals surface area contributed by atoms with E-state index >= 15 is 0 Å². The van der Waals surface area contributed by atoms with Crippen LogP contribution < -0.4 is 5.32 Å². The van der Waals surface area contributed by atoms with Crippen LogP contribution in [0.15, 0.2) is 40.9 Å². The van der Waals surface area contributed by atoms with Gasteiger partial charge in [0.1, 0.15) is 0 Å². The summed E-state index contributed by atoms with van der Waals surface area (Å²) >= 11 is 11.0. The molecule has 0 saturated carbocycles. The molecule has 0 aliphatic rings. The summed E-state index contributed by atoms with van der Waals surface area (Å²) in [5.74, 6) is 0. The third-order valence-electron chi connectivity index (χ3n) is 2.96. The van der Waals surface area contributed by atoms with E-state index in [1.807, 2.05) is 6.07 Å². The van der Waals surface area contributed by atoms with Crippen LogP contribution in [0.25, 0.3) is 0 Å². The highest BCUT2D eigenvalue weighted by atomic mass is 79.9. The van der Waals surface area contributed by atoms with Gasteiger partial charge in [0.05, 0.1) is 4.34 Å². The summed E-state index contributed by atoms with van der Waals surface area (Å²) in [5, 5.41) is 3.44. The van der Waals surface area contributed by atoms with Gasteiger partial charge in [0.2, 0.25) is 0 Å². The van der Waals surface area contributed by atoms with Gasteiger partial charge in [-0.1, -0.05) is 39.7 Å². The molecule has 108 valence electrons. The Labute approximate surface area is 137 Å². The molecule has 0 atom stereocenters. The van der Waals surface area contributed by atoms with Crippen LogP contribution >= 0.6 is 38.9 Å². The Hall–Kier alpha value is -0.390. The molecule has 5 heteroatoms. The maximum atomic E-state index is 5.90. The zero-order valence-electron chi connectivity index (χ0n) is 11.4. The van der Waals surface area contributed by atoms with Crippen molar-refractivity contribution in [3.05, 3.63) is 55.6 Å². The molecule has 0 unspecified atom stereocenters. The minimum Gasteiger partial charge on any atom is -0.311 e. The molecule has 20 heavy (non-hydrogen) atoms. The van der Waals surface area contributed by atoms with Crippen molar-refractivity contribution in [1.29, 1.82) is 0 Å². The third kappa shape index (κ3) is 5.54. The second-order valence-electron chi connectivity index (χ2n) is 4.75. The maximum absolute atomic E-state index is 5.90. The zero-order chi connectivity index (χ0) is 14.4. The Morgan fingerprint density at radius 3 is 2.60 bits per heavy atom. The van der Waals surface area contributed by atoms with E-state index < -0.39 is 0 Å². The predicted molar refractivity (Wildman–Crippen MR) is 91.5 cm³/mol. The quantitative estimate of drug-likeness (QED) is 0.724. The summed E-state index contributed by atoms with van der Waals surface area (Å²) in [6.45, 7) is 3.86. The van der Waals surface area contributed by atoms with Gasteiger partial charge in [-0.2, -0.15) is 0 Å². The van der Waals surface area contributed by atoms with Crippen molar-refractivity contribution in [3.8, 4) is 0 Å². The van der Waals surface area contributed by atoms with Gasteiger partial charge in [-0.3, -0.25) is 0 Å². The number of benzene rings is 1. The lowest BCUT2D eigenvalue weighted by molar-refractivity contribution is 0.324. The van der Waals surface area contributed by atoms with E-state index in [0.717, 1.165) is 35.0 Å². The molecule has 0 aliphatic heterocycles. The highest BCUT2D eigenvalue weighted by molar-refractivity contribution is 9.10. The molecular weight excluding hydrogens is 356 g/mol. The Balaban J connectivity index is 1.65. The Morgan fingerprint density at radius 2 is 1.95 bits per heavy atom. The van der Waals surface area contributed by atoms with Gasteiger partial charge < -0.3 is 10.2 Å². The molecule has 2 aromatic rings. The van der Waals surface area contributed by atoms with E-state index in [-0.39, 0.29) is 0 Å². The number of hydrogen-bond acceptors (Lipinski definition) is 3. The molecule has 1 aromatic carbocycles. The lowest BCUT2D eigenvalue weighted by Gasteiger charge is -2.17. The number of hydrogen-bond donors (Lipinski definition) is 1. The maximum Gasteiger partial charge on any atom is 0.0931 e. The van der Waals surface area contributed by atoms with Crippen LogP contribution in [0.4, 0.5) is 0 Å². The van der Waals surface area contributed by atoms with Gasteiger partial charge in [-0.25, -0.2) is 0 Å². The van der Waals surface area contributed by atoms with E-state index in [1.54, 1.807) is 11.3 Å². The number of thiophene rings is 1. The van der Waals surface area contributed by atoms with Crippen molar-refractivity contribution in [2.24, 2.45) is 0 Å². The molecule has 0 amide bonds. The Kier molecular flexibility index (Phi) is 6.52. The van der Waals surface area contributed by atoms with E-state index in [2.05, 4.69) is 63.5 Å². The molecule has 2 nitrogen and oxygen atoms in total. The van der Waals surface area contributed by atoms with Crippen LogP contribution in [-0.4, -0.2) is 25.0 Å². The number of halogens is 2. The summed E-state index contributed by atoms with van der Waals surface area (Å²) in [5.41, 5.74) is 1.33. The average molecular weight is 374 g/mol. The molecule has 1 aromatic heterocycles. The summed E-state index contributed by atoms with van der Waals surface area (Å²) in [4.78, 5) is 3.60. The normalized spacial score (nSPS) is 11.2. The standard InChI is InChI=1S/C15H18BrClN2S/c1-19(11-12-2-4-13(16)5-3-12)9-8-18-10-14-6-7-15(17)20-14/h2-7,18H,8-11H2,1H3. The van der Waals surface area contributed by atoms with Gasteiger partial charge in [0.25, 0.3) is 0 Å². The average Bonchev–Trinajstić information content (AvgIpc) is 2.83. The second kappa shape index (κ2) is 8.15. The van der Waals surface area contributed by atoms with Crippen LogP contribution in [0.5, 0.6) is 0 Å². The van der Waals surface area contributed by atoms with Gasteiger partial charge in [-0.05, 0) is 36.9 Å². The second-order valence-corrected chi connectivity index (χ2v) is 7.46. The first kappa shape index (κ1) is 16.0. The first-order valence-corrected chi connectivity index (χ1v) is 8.50. The SMILES string of the molecule is CN(CCNCc1ccc(Cl)s1)Cc1ccc(Br)cc1. The molecule has 1 heterocycles. The van der Waals surface area contributed by atoms with E-state index in [0.29, 0.717) is 0 Å². The van der Waals surface area contributed by atoms with Crippen molar-refractivity contribution in [2.75, 3.05) is 20.1 Å². The van der Waals surface area contributed by atoms with Crippen LogP contribution in [0.2, 0.25) is 4.34 Å². The largest absolute Gasteiger partial charge is 0.311 e. The van der Waals surface area contributed by atoms with Gasteiger partial charge >= 0.3 is 0 Å². The smallest absolute Gasteiger partial charge is 0.0931 e. The van der Waals surface area contributed by atoms with E-state index in [4.69, 9.17) is 11.6 Å². The van der Waals surface area contributed by atoms with E-state index in [1.165, 1.54) is 10.4 Å². The summed E-state index contributed by atoms with van der Waals surface area (Å²) < 4.78 is 1.98. The van der Waals surface area contributed by atoms with E-state index in [9.17, 15) is 0 Å². The summed E-state index contributed by atoms with van der Waals surface area (Å²) in [6.07, 6.45) is 0. The van der Waals surface area contributed by atoms with Crippen molar-refractivity contribution >= 4 is 38.9 Å². The van der Waals surface area contributed by atoms with Crippen LogP contribution in [0.1, 0.15) is 10.4 Å². The Bertz CT molecular complexity index is 527. The van der Waals surface area contributed by atoms with Crippen molar-refractivity contribution in [3.63, 3.8) is 0 Å². The fourth-order valence-electron chi connectivity index (χ4n) is 1.91. The fraction of sp³-hybridized carbons (Fsp3) is 0.333. The highest BCUT2D eigenvalue weighted by Gasteiger charge is 2.01. The zero-order valence-corrected chi connectivity index (χ0v) is 14.6. The molecule has 0 bridgehead atoms. The third-order valence-corrected chi connectivity index (χ3v) is 4.72. The molecule has 0 saturated heterocycles. The summed E-state index contributed by atoms with van der Waals surface area (Å²) in [6, 6.07) is 12.5. The molecule has 2 rings (SSSR count).